The molecule has 0 unspecified atom stereocenters. The average Bonchev–Trinajstić information content (AvgIpc) is 2.54. The second kappa shape index (κ2) is 3.77. The van der Waals surface area contributed by atoms with E-state index in [9.17, 15) is 0 Å². The summed E-state index contributed by atoms with van der Waals surface area (Å²) < 4.78 is 0.920. The van der Waals surface area contributed by atoms with Crippen LogP contribution in [-0.2, 0) is 0 Å². The molecule has 1 N–H and O–H groups in total. The van der Waals surface area contributed by atoms with Gasteiger partial charge >= 0.3 is 0 Å². The van der Waals surface area contributed by atoms with Gasteiger partial charge in [0.1, 0.15) is 0 Å². The van der Waals surface area contributed by atoms with Gasteiger partial charge in [0.25, 0.3) is 0 Å². The molecule has 0 aliphatic carbocycles. The minimum absolute atomic E-state index is 0.745. The van der Waals surface area contributed by atoms with Crippen LogP contribution in [0.3, 0.4) is 0 Å². The molecular weight excluding hydrogens is 190 g/mol. The first kappa shape index (κ1) is 8.54. The predicted octanol–water partition coefficient (Wildman–Crippen LogP) is 2.87. The van der Waals surface area contributed by atoms with Gasteiger partial charge in [-0.1, -0.05) is 11.6 Å². The SMILES string of the molecule is Clc1cc(C2CCNCC2)cs1. The van der Waals surface area contributed by atoms with Crippen molar-refractivity contribution in [2.45, 2.75) is 18.8 Å². The largest absolute Gasteiger partial charge is 0.317 e. The Labute approximate surface area is 81.7 Å². The lowest BCUT2D eigenvalue weighted by atomic mass is 9.92. The van der Waals surface area contributed by atoms with Crippen molar-refractivity contribution in [3.05, 3.63) is 21.3 Å². The van der Waals surface area contributed by atoms with Crippen LogP contribution >= 0.6 is 22.9 Å². The lowest BCUT2D eigenvalue weighted by Crippen LogP contribution is -2.26. The molecule has 2 heterocycles. The van der Waals surface area contributed by atoms with E-state index in [0.717, 1.165) is 23.3 Å². The Kier molecular flexibility index (Phi) is 2.69. The van der Waals surface area contributed by atoms with Crippen molar-refractivity contribution in [3.63, 3.8) is 0 Å². The van der Waals surface area contributed by atoms with Crippen LogP contribution in [0, 0.1) is 0 Å². The van der Waals surface area contributed by atoms with Crippen LogP contribution in [0.1, 0.15) is 24.3 Å². The average molecular weight is 202 g/mol. The molecule has 2 rings (SSSR count). The molecule has 0 amide bonds. The third-order valence-corrected chi connectivity index (χ3v) is 3.51. The summed E-state index contributed by atoms with van der Waals surface area (Å²) >= 11 is 7.53. The van der Waals surface area contributed by atoms with Crippen molar-refractivity contribution < 1.29 is 0 Å². The van der Waals surface area contributed by atoms with Crippen molar-refractivity contribution in [1.82, 2.24) is 5.32 Å². The summed E-state index contributed by atoms with van der Waals surface area (Å²) in [5.41, 5.74) is 1.44. The zero-order chi connectivity index (χ0) is 8.39. The van der Waals surface area contributed by atoms with E-state index in [0.29, 0.717) is 0 Å². The molecule has 0 spiro atoms. The molecule has 1 aliphatic rings. The normalized spacial score (nSPS) is 19.8. The number of piperidine rings is 1. The van der Waals surface area contributed by atoms with Crippen LogP contribution in [0.25, 0.3) is 0 Å². The molecule has 1 fully saturated rings. The molecular formula is C9H12ClNS. The quantitative estimate of drug-likeness (QED) is 0.737. The van der Waals surface area contributed by atoms with Gasteiger partial charge < -0.3 is 5.32 Å². The van der Waals surface area contributed by atoms with E-state index < -0.39 is 0 Å². The zero-order valence-corrected chi connectivity index (χ0v) is 8.42. The van der Waals surface area contributed by atoms with Crippen LogP contribution in [0.15, 0.2) is 11.4 Å². The van der Waals surface area contributed by atoms with E-state index in [1.807, 2.05) is 0 Å². The fraction of sp³-hybridized carbons (Fsp3) is 0.556. The number of hydrogen-bond donors (Lipinski definition) is 1. The number of rotatable bonds is 1. The summed E-state index contributed by atoms with van der Waals surface area (Å²) in [7, 11) is 0. The first-order valence-electron chi connectivity index (χ1n) is 4.31. The molecule has 1 aromatic rings. The number of halogens is 1. The molecule has 0 bridgehead atoms. The second-order valence-corrected chi connectivity index (χ2v) is 4.75. The topological polar surface area (TPSA) is 12.0 Å². The van der Waals surface area contributed by atoms with Crippen molar-refractivity contribution in [1.29, 1.82) is 0 Å². The Bertz CT molecular complexity index is 253. The maximum absolute atomic E-state index is 5.88. The Hall–Kier alpha value is -0.0500. The zero-order valence-electron chi connectivity index (χ0n) is 6.85. The molecule has 0 atom stereocenters. The van der Waals surface area contributed by atoms with E-state index in [1.54, 1.807) is 11.3 Å². The third-order valence-electron chi connectivity index (χ3n) is 2.40. The van der Waals surface area contributed by atoms with Crippen LogP contribution in [0.4, 0.5) is 0 Å². The van der Waals surface area contributed by atoms with Gasteiger partial charge in [-0.05, 0) is 48.9 Å². The summed E-state index contributed by atoms with van der Waals surface area (Å²) in [6.45, 7) is 2.30. The van der Waals surface area contributed by atoms with Gasteiger partial charge in [0.05, 0.1) is 4.34 Å². The number of hydrogen-bond acceptors (Lipinski definition) is 2. The molecule has 1 nitrogen and oxygen atoms in total. The maximum atomic E-state index is 5.88. The lowest BCUT2D eigenvalue weighted by Gasteiger charge is -2.21. The van der Waals surface area contributed by atoms with Crippen molar-refractivity contribution in [3.8, 4) is 0 Å². The van der Waals surface area contributed by atoms with Gasteiger partial charge in [-0.25, -0.2) is 0 Å². The summed E-state index contributed by atoms with van der Waals surface area (Å²) in [4.78, 5) is 0. The summed E-state index contributed by atoms with van der Waals surface area (Å²) in [6, 6.07) is 2.11. The highest BCUT2D eigenvalue weighted by Crippen LogP contribution is 2.30. The molecule has 66 valence electrons. The van der Waals surface area contributed by atoms with Crippen molar-refractivity contribution in [2.75, 3.05) is 13.1 Å². The van der Waals surface area contributed by atoms with Gasteiger partial charge in [-0.2, -0.15) is 0 Å². The molecule has 12 heavy (non-hydrogen) atoms. The highest BCUT2D eigenvalue weighted by molar-refractivity contribution is 7.14. The van der Waals surface area contributed by atoms with Crippen molar-refractivity contribution in [2.24, 2.45) is 0 Å². The Morgan fingerprint density at radius 3 is 2.75 bits per heavy atom. The van der Waals surface area contributed by atoms with Gasteiger partial charge in [-0.3, -0.25) is 0 Å². The highest BCUT2D eigenvalue weighted by Gasteiger charge is 2.15. The molecule has 1 aromatic heterocycles. The third kappa shape index (κ3) is 1.82. The molecule has 0 radical (unpaired) electrons. The van der Waals surface area contributed by atoms with E-state index in [2.05, 4.69) is 16.8 Å². The standard InChI is InChI=1S/C9H12ClNS/c10-9-5-8(6-12-9)7-1-3-11-4-2-7/h5-7,11H,1-4H2. The minimum Gasteiger partial charge on any atom is -0.317 e. The number of nitrogens with one attached hydrogen (secondary N) is 1. The molecule has 0 saturated carbocycles. The highest BCUT2D eigenvalue weighted by atomic mass is 35.5. The molecule has 1 aliphatic heterocycles. The van der Waals surface area contributed by atoms with Crippen LogP contribution < -0.4 is 5.32 Å². The van der Waals surface area contributed by atoms with E-state index in [1.165, 1.54) is 18.4 Å². The second-order valence-electron chi connectivity index (χ2n) is 3.21. The fourth-order valence-corrected chi connectivity index (χ4v) is 2.67. The minimum atomic E-state index is 0.745. The Morgan fingerprint density at radius 2 is 2.17 bits per heavy atom. The first-order valence-corrected chi connectivity index (χ1v) is 5.56. The van der Waals surface area contributed by atoms with E-state index >= 15 is 0 Å². The molecule has 3 heteroatoms. The maximum Gasteiger partial charge on any atom is 0.0931 e. The number of thiophene rings is 1. The molecule has 1 saturated heterocycles. The van der Waals surface area contributed by atoms with Gasteiger partial charge in [0, 0.05) is 0 Å². The van der Waals surface area contributed by atoms with Gasteiger partial charge in [0.15, 0.2) is 0 Å². The predicted molar refractivity (Wildman–Crippen MR) is 54.2 cm³/mol. The Morgan fingerprint density at radius 1 is 1.42 bits per heavy atom. The fourth-order valence-electron chi connectivity index (χ4n) is 1.69. The summed E-state index contributed by atoms with van der Waals surface area (Å²) in [5, 5.41) is 5.55. The first-order chi connectivity index (χ1) is 5.86. The van der Waals surface area contributed by atoms with Crippen LogP contribution in [-0.4, -0.2) is 13.1 Å². The van der Waals surface area contributed by atoms with E-state index in [-0.39, 0.29) is 0 Å². The van der Waals surface area contributed by atoms with Gasteiger partial charge in [-0.15, -0.1) is 11.3 Å². The summed E-state index contributed by atoms with van der Waals surface area (Å²) in [6.07, 6.45) is 2.51. The Balaban J connectivity index is 2.08. The lowest BCUT2D eigenvalue weighted by molar-refractivity contribution is 0.461. The molecule has 0 aromatic carbocycles. The van der Waals surface area contributed by atoms with Crippen LogP contribution in [0.2, 0.25) is 4.34 Å². The smallest absolute Gasteiger partial charge is 0.0931 e. The summed E-state index contributed by atoms with van der Waals surface area (Å²) in [5.74, 6) is 0.745. The monoisotopic (exact) mass is 201 g/mol. The van der Waals surface area contributed by atoms with Crippen molar-refractivity contribution >= 4 is 22.9 Å². The van der Waals surface area contributed by atoms with Crippen LogP contribution in [0.5, 0.6) is 0 Å². The van der Waals surface area contributed by atoms with Gasteiger partial charge in [0.2, 0.25) is 0 Å². The van der Waals surface area contributed by atoms with E-state index in [4.69, 9.17) is 11.6 Å².